The summed E-state index contributed by atoms with van der Waals surface area (Å²) in [5.74, 6) is -1.16. The van der Waals surface area contributed by atoms with Crippen molar-refractivity contribution in [1.82, 2.24) is 0 Å². The third kappa shape index (κ3) is 2.13. The van der Waals surface area contributed by atoms with Gasteiger partial charge in [-0.15, -0.1) is 0 Å². The zero-order valence-corrected chi connectivity index (χ0v) is 9.30. The van der Waals surface area contributed by atoms with Gasteiger partial charge in [-0.3, -0.25) is 0 Å². The van der Waals surface area contributed by atoms with E-state index in [0.29, 0.717) is 11.1 Å². The third-order valence-electron chi connectivity index (χ3n) is 2.35. The summed E-state index contributed by atoms with van der Waals surface area (Å²) in [7, 11) is 0. The molecule has 0 aliphatic rings. The first-order valence-electron chi connectivity index (χ1n) is 4.77. The number of benzene rings is 2. The lowest BCUT2D eigenvalue weighted by molar-refractivity contribution is 0.624. The second-order valence-corrected chi connectivity index (χ2v) is 3.79. The van der Waals surface area contributed by atoms with E-state index in [0.717, 1.165) is 6.07 Å². The highest BCUT2D eigenvalue weighted by Crippen LogP contribution is 2.30. The standard InChI is InChI=1S/C13H6ClF2N/c14-13-10(2-1-3-12(13)16)8-4-5-11(15)9(6-8)7-17/h1-6H. The highest BCUT2D eigenvalue weighted by atomic mass is 35.5. The number of nitrogens with zero attached hydrogens (tertiary/aromatic N) is 1. The molecule has 1 nitrogen and oxygen atoms in total. The number of halogens is 3. The van der Waals surface area contributed by atoms with Gasteiger partial charge in [0.2, 0.25) is 0 Å². The van der Waals surface area contributed by atoms with Gasteiger partial charge in [-0.2, -0.15) is 5.26 Å². The maximum absolute atomic E-state index is 13.3. The molecule has 0 saturated carbocycles. The molecule has 0 atom stereocenters. The van der Waals surface area contributed by atoms with Crippen LogP contribution >= 0.6 is 11.6 Å². The van der Waals surface area contributed by atoms with E-state index in [1.165, 1.54) is 24.3 Å². The van der Waals surface area contributed by atoms with Crippen LogP contribution in [0.1, 0.15) is 5.56 Å². The topological polar surface area (TPSA) is 23.8 Å². The average molecular weight is 250 g/mol. The second-order valence-electron chi connectivity index (χ2n) is 3.41. The van der Waals surface area contributed by atoms with Crippen LogP contribution in [0, 0.1) is 23.0 Å². The molecule has 17 heavy (non-hydrogen) atoms. The fourth-order valence-electron chi connectivity index (χ4n) is 1.51. The molecule has 0 saturated heterocycles. The van der Waals surface area contributed by atoms with Crippen molar-refractivity contribution >= 4 is 11.6 Å². The minimum absolute atomic E-state index is 0.0389. The van der Waals surface area contributed by atoms with Crippen molar-refractivity contribution < 1.29 is 8.78 Å². The quantitative estimate of drug-likeness (QED) is 0.745. The Morgan fingerprint density at radius 2 is 1.82 bits per heavy atom. The van der Waals surface area contributed by atoms with Crippen LogP contribution in [0.4, 0.5) is 8.78 Å². The summed E-state index contributed by atoms with van der Waals surface area (Å²) < 4.78 is 26.4. The van der Waals surface area contributed by atoms with Gasteiger partial charge in [0.15, 0.2) is 0 Å². The molecule has 4 heteroatoms. The lowest BCUT2D eigenvalue weighted by Crippen LogP contribution is -1.88. The smallest absolute Gasteiger partial charge is 0.142 e. The molecule has 0 amide bonds. The summed E-state index contributed by atoms with van der Waals surface area (Å²) in [5, 5.41) is 8.68. The van der Waals surface area contributed by atoms with E-state index in [-0.39, 0.29) is 10.6 Å². The SMILES string of the molecule is N#Cc1cc(-c2cccc(F)c2Cl)ccc1F. The van der Waals surface area contributed by atoms with Gasteiger partial charge in [0, 0.05) is 5.56 Å². The van der Waals surface area contributed by atoms with Crippen molar-refractivity contribution in [3.63, 3.8) is 0 Å². The summed E-state index contributed by atoms with van der Waals surface area (Å²) in [4.78, 5) is 0. The van der Waals surface area contributed by atoms with Gasteiger partial charge >= 0.3 is 0 Å². The van der Waals surface area contributed by atoms with Gasteiger partial charge in [0.1, 0.15) is 17.7 Å². The zero-order chi connectivity index (χ0) is 12.4. The normalized spacial score (nSPS) is 10.0. The van der Waals surface area contributed by atoms with E-state index in [9.17, 15) is 8.78 Å². The summed E-state index contributed by atoms with van der Waals surface area (Å²) in [6.07, 6.45) is 0. The Kier molecular flexibility index (Phi) is 3.08. The van der Waals surface area contributed by atoms with Crippen LogP contribution in [-0.4, -0.2) is 0 Å². The molecule has 0 N–H and O–H groups in total. The van der Waals surface area contributed by atoms with E-state index < -0.39 is 11.6 Å². The Labute approximate surface area is 102 Å². The molecular formula is C13H6ClF2N. The fourth-order valence-corrected chi connectivity index (χ4v) is 1.74. The Balaban J connectivity index is 2.62. The predicted molar refractivity (Wildman–Crippen MR) is 61.5 cm³/mol. The van der Waals surface area contributed by atoms with Crippen LogP contribution in [0.15, 0.2) is 36.4 Å². The first kappa shape index (κ1) is 11.6. The number of nitriles is 1. The highest BCUT2D eigenvalue weighted by molar-refractivity contribution is 6.33. The van der Waals surface area contributed by atoms with Crippen LogP contribution in [0.25, 0.3) is 11.1 Å². The van der Waals surface area contributed by atoms with Crippen LogP contribution in [0.2, 0.25) is 5.02 Å². The van der Waals surface area contributed by atoms with E-state index >= 15 is 0 Å². The van der Waals surface area contributed by atoms with E-state index in [2.05, 4.69) is 0 Å². The van der Waals surface area contributed by atoms with Crippen molar-refractivity contribution in [1.29, 1.82) is 5.26 Å². The Bertz CT molecular complexity index is 617. The van der Waals surface area contributed by atoms with Crippen molar-refractivity contribution in [2.24, 2.45) is 0 Å². The lowest BCUT2D eigenvalue weighted by atomic mass is 10.0. The van der Waals surface area contributed by atoms with Crippen molar-refractivity contribution in [2.45, 2.75) is 0 Å². The molecule has 0 bridgehead atoms. The predicted octanol–water partition coefficient (Wildman–Crippen LogP) is 4.16. The number of rotatable bonds is 1. The van der Waals surface area contributed by atoms with Crippen LogP contribution < -0.4 is 0 Å². The average Bonchev–Trinajstić information content (AvgIpc) is 2.34. The van der Waals surface area contributed by atoms with Crippen molar-refractivity contribution in [3.05, 3.63) is 58.6 Å². The van der Waals surface area contributed by atoms with Gasteiger partial charge in [-0.05, 0) is 23.8 Å². The zero-order valence-electron chi connectivity index (χ0n) is 8.55. The third-order valence-corrected chi connectivity index (χ3v) is 2.73. The van der Waals surface area contributed by atoms with Gasteiger partial charge in [-0.1, -0.05) is 29.8 Å². The van der Waals surface area contributed by atoms with Gasteiger partial charge in [0.25, 0.3) is 0 Å². The maximum Gasteiger partial charge on any atom is 0.142 e. The molecule has 0 aliphatic heterocycles. The van der Waals surface area contributed by atoms with E-state index in [1.54, 1.807) is 12.1 Å². The van der Waals surface area contributed by atoms with Gasteiger partial charge in [-0.25, -0.2) is 8.78 Å². The van der Waals surface area contributed by atoms with Crippen LogP contribution in [0.3, 0.4) is 0 Å². The number of hydrogen-bond donors (Lipinski definition) is 0. The largest absolute Gasteiger partial charge is 0.206 e. The molecule has 0 fully saturated rings. The molecule has 2 aromatic rings. The van der Waals surface area contributed by atoms with Gasteiger partial charge < -0.3 is 0 Å². The van der Waals surface area contributed by atoms with Crippen molar-refractivity contribution in [3.8, 4) is 17.2 Å². The summed E-state index contributed by atoms with van der Waals surface area (Å²) in [6.45, 7) is 0. The monoisotopic (exact) mass is 249 g/mol. The van der Waals surface area contributed by atoms with Crippen LogP contribution in [-0.2, 0) is 0 Å². The molecule has 0 aromatic heterocycles. The molecule has 2 aromatic carbocycles. The Morgan fingerprint density at radius 3 is 2.53 bits per heavy atom. The molecule has 0 radical (unpaired) electrons. The Morgan fingerprint density at radius 1 is 1.06 bits per heavy atom. The molecule has 84 valence electrons. The maximum atomic E-state index is 13.3. The number of hydrogen-bond acceptors (Lipinski definition) is 1. The lowest BCUT2D eigenvalue weighted by Gasteiger charge is -2.05. The van der Waals surface area contributed by atoms with E-state index in [4.69, 9.17) is 16.9 Å². The summed E-state index contributed by atoms with van der Waals surface area (Å²) >= 11 is 5.81. The first-order chi connectivity index (χ1) is 8.13. The minimum atomic E-state index is -0.608. The minimum Gasteiger partial charge on any atom is -0.206 e. The first-order valence-corrected chi connectivity index (χ1v) is 5.15. The molecule has 2 rings (SSSR count). The molecular weight excluding hydrogens is 244 g/mol. The summed E-state index contributed by atoms with van der Waals surface area (Å²) in [6, 6.07) is 10.0. The molecule has 0 unspecified atom stereocenters. The fraction of sp³-hybridized carbons (Fsp3) is 0. The highest BCUT2D eigenvalue weighted by Gasteiger charge is 2.10. The summed E-state index contributed by atoms with van der Waals surface area (Å²) in [5.41, 5.74) is 0.846. The Hall–Kier alpha value is -1.92. The molecule has 0 heterocycles. The van der Waals surface area contributed by atoms with Crippen molar-refractivity contribution in [2.75, 3.05) is 0 Å². The van der Waals surface area contributed by atoms with Gasteiger partial charge in [0.05, 0.1) is 10.6 Å². The van der Waals surface area contributed by atoms with E-state index in [1.807, 2.05) is 0 Å². The molecule has 0 aliphatic carbocycles. The molecule has 0 spiro atoms. The van der Waals surface area contributed by atoms with Crippen LogP contribution in [0.5, 0.6) is 0 Å². The second kappa shape index (κ2) is 4.52.